The lowest BCUT2D eigenvalue weighted by Crippen LogP contribution is -2.33. The van der Waals surface area contributed by atoms with E-state index in [9.17, 15) is 13.6 Å². The number of carbonyl (C=O) groups is 1. The minimum atomic E-state index is -2.97. The Balaban J connectivity index is 2.23. The summed E-state index contributed by atoms with van der Waals surface area (Å²) in [5, 5.41) is 0. The SMILES string of the molecule is COCCN(Cc1ccccc1)C(=O)c1ccc(OC(F)F)c(OC)c1. The van der Waals surface area contributed by atoms with Crippen LogP contribution in [0.4, 0.5) is 8.78 Å². The first-order valence-electron chi connectivity index (χ1n) is 8.00. The third-order valence-electron chi connectivity index (χ3n) is 3.70. The Morgan fingerprint density at radius 3 is 2.42 bits per heavy atom. The number of nitrogens with zero attached hydrogens (tertiary/aromatic N) is 1. The minimum absolute atomic E-state index is 0.0718. The lowest BCUT2D eigenvalue weighted by Gasteiger charge is -2.23. The molecule has 2 aromatic rings. The third kappa shape index (κ3) is 5.42. The van der Waals surface area contributed by atoms with Crippen LogP contribution >= 0.6 is 0 Å². The van der Waals surface area contributed by atoms with Crippen molar-refractivity contribution in [3.63, 3.8) is 0 Å². The molecular formula is C19H21F2NO4. The van der Waals surface area contributed by atoms with Crippen LogP contribution < -0.4 is 9.47 Å². The van der Waals surface area contributed by atoms with Crippen LogP contribution in [0.2, 0.25) is 0 Å². The van der Waals surface area contributed by atoms with Gasteiger partial charge in [0.1, 0.15) is 0 Å². The Hall–Kier alpha value is -2.67. The highest BCUT2D eigenvalue weighted by Crippen LogP contribution is 2.30. The predicted octanol–water partition coefficient (Wildman–Crippen LogP) is 3.59. The van der Waals surface area contributed by atoms with Crippen LogP contribution in [0.1, 0.15) is 15.9 Å². The highest BCUT2D eigenvalue weighted by molar-refractivity contribution is 5.95. The summed E-state index contributed by atoms with van der Waals surface area (Å²) in [6.07, 6.45) is 0. The van der Waals surface area contributed by atoms with Crippen molar-refractivity contribution in [1.29, 1.82) is 0 Å². The van der Waals surface area contributed by atoms with Crippen LogP contribution in [-0.2, 0) is 11.3 Å². The third-order valence-corrected chi connectivity index (χ3v) is 3.70. The van der Waals surface area contributed by atoms with Crippen LogP contribution in [0.5, 0.6) is 11.5 Å². The van der Waals surface area contributed by atoms with Crippen molar-refractivity contribution in [2.75, 3.05) is 27.4 Å². The molecule has 140 valence electrons. The second-order valence-electron chi connectivity index (χ2n) is 5.45. The van der Waals surface area contributed by atoms with Crippen LogP contribution in [0.25, 0.3) is 0 Å². The van der Waals surface area contributed by atoms with Gasteiger partial charge >= 0.3 is 6.61 Å². The summed E-state index contributed by atoms with van der Waals surface area (Å²) in [6.45, 7) is -1.80. The molecule has 0 saturated carbocycles. The maximum atomic E-state index is 12.9. The van der Waals surface area contributed by atoms with Crippen molar-refractivity contribution in [2.45, 2.75) is 13.2 Å². The molecule has 0 unspecified atom stereocenters. The second-order valence-corrected chi connectivity index (χ2v) is 5.45. The fraction of sp³-hybridized carbons (Fsp3) is 0.316. The molecule has 0 atom stereocenters. The van der Waals surface area contributed by atoms with Gasteiger partial charge in [0.2, 0.25) is 0 Å². The molecule has 5 nitrogen and oxygen atoms in total. The topological polar surface area (TPSA) is 48.0 Å². The number of benzene rings is 2. The Morgan fingerprint density at radius 2 is 1.81 bits per heavy atom. The molecule has 0 aliphatic rings. The molecule has 0 aliphatic heterocycles. The van der Waals surface area contributed by atoms with Gasteiger partial charge in [-0.2, -0.15) is 8.78 Å². The summed E-state index contributed by atoms with van der Waals surface area (Å²) in [6, 6.07) is 13.7. The van der Waals surface area contributed by atoms with E-state index >= 15 is 0 Å². The normalized spacial score (nSPS) is 10.7. The van der Waals surface area contributed by atoms with Crippen LogP contribution in [0.3, 0.4) is 0 Å². The maximum absolute atomic E-state index is 12.9. The fourth-order valence-corrected chi connectivity index (χ4v) is 2.43. The minimum Gasteiger partial charge on any atom is -0.493 e. The first kappa shape index (κ1) is 19.7. The van der Waals surface area contributed by atoms with E-state index in [1.807, 2.05) is 30.3 Å². The summed E-state index contributed by atoms with van der Waals surface area (Å²) >= 11 is 0. The van der Waals surface area contributed by atoms with Crippen LogP contribution in [0, 0.1) is 0 Å². The van der Waals surface area contributed by atoms with Gasteiger partial charge in [0.05, 0.1) is 13.7 Å². The standard InChI is InChI=1S/C19H21F2NO4/c1-24-11-10-22(13-14-6-4-3-5-7-14)18(23)15-8-9-16(26-19(20)21)17(12-15)25-2/h3-9,12,19H,10-11,13H2,1-2H3. The molecule has 0 bridgehead atoms. The van der Waals surface area contributed by atoms with Gasteiger partial charge in [-0.15, -0.1) is 0 Å². The molecule has 0 spiro atoms. The zero-order valence-electron chi connectivity index (χ0n) is 14.7. The summed E-state index contributed by atoms with van der Waals surface area (Å²) in [7, 11) is 2.89. The second kappa shape index (κ2) is 9.72. The van der Waals surface area contributed by atoms with E-state index < -0.39 is 6.61 Å². The van der Waals surface area contributed by atoms with E-state index in [2.05, 4.69) is 4.74 Å². The van der Waals surface area contributed by atoms with E-state index in [-0.39, 0.29) is 17.4 Å². The van der Waals surface area contributed by atoms with Gasteiger partial charge in [0.15, 0.2) is 11.5 Å². The zero-order valence-corrected chi connectivity index (χ0v) is 14.7. The van der Waals surface area contributed by atoms with Gasteiger partial charge in [-0.05, 0) is 23.8 Å². The highest BCUT2D eigenvalue weighted by atomic mass is 19.3. The molecule has 2 rings (SSSR count). The van der Waals surface area contributed by atoms with Crippen LogP contribution in [-0.4, -0.2) is 44.8 Å². The lowest BCUT2D eigenvalue weighted by molar-refractivity contribution is -0.0512. The number of amides is 1. The molecule has 0 fully saturated rings. The van der Waals surface area contributed by atoms with Gasteiger partial charge < -0.3 is 19.1 Å². The van der Waals surface area contributed by atoms with Crippen LogP contribution in [0.15, 0.2) is 48.5 Å². The average molecular weight is 365 g/mol. The van der Waals surface area contributed by atoms with Gasteiger partial charge in [0, 0.05) is 25.8 Å². The van der Waals surface area contributed by atoms with Gasteiger partial charge in [-0.1, -0.05) is 30.3 Å². The van der Waals surface area contributed by atoms with Gasteiger partial charge in [0.25, 0.3) is 5.91 Å². The van der Waals surface area contributed by atoms with E-state index in [0.717, 1.165) is 5.56 Å². The lowest BCUT2D eigenvalue weighted by atomic mass is 10.1. The molecule has 0 N–H and O–H groups in total. The molecule has 0 aromatic heterocycles. The monoisotopic (exact) mass is 365 g/mol. The summed E-state index contributed by atoms with van der Waals surface area (Å²) in [5.41, 5.74) is 1.29. The molecule has 26 heavy (non-hydrogen) atoms. The van der Waals surface area contributed by atoms with Crippen molar-refractivity contribution in [3.8, 4) is 11.5 Å². The first-order chi connectivity index (χ1) is 12.5. The van der Waals surface area contributed by atoms with Gasteiger partial charge in [-0.25, -0.2) is 0 Å². The molecule has 7 heteroatoms. The Bertz CT molecular complexity index is 710. The number of halogens is 2. The molecule has 2 aromatic carbocycles. The van der Waals surface area contributed by atoms with Crippen molar-refractivity contribution < 1.29 is 27.8 Å². The smallest absolute Gasteiger partial charge is 0.387 e. The van der Waals surface area contributed by atoms with Crippen molar-refractivity contribution >= 4 is 5.91 Å². The molecule has 0 aliphatic carbocycles. The van der Waals surface area contributed by atoms with Crippen molar-refractivity contribution in [2.24, 2.45) is 0 Å². The highest BCUT2D eigenvalue weighted by Gasteiger charge is 2.19. The number of hydrogen-bond acceptors (Lipinski definition) is 4. The zero-order chi connectivity index (χ0) is 18.9. The maximum Gasteiger partial charge on any atom is 0.387 e. The quantitative estimate of drug-likeness (QED) is 0.681. The number of methoxy groups -OCH3 is 2. The summed E-state index contributed by atoms with van der Waals surface area (Å²) < 4.78 is 39.4. The number of rotatable bonds is 9. The fourth-order valence-electron chi connectivity index (χ4n) is 2.43. The largest absolute Gasteiger partial charge is 0.493 e. The molecule has 0 saturated heterocycles. The van der Waals surface area contributed by atoms with E-state index in [1.54, 1.807) is 12.0 Å². The Labute approximate surface area is 151 Å². The van der Waals surface area contributed by atoms with Gasteiger partial charge in [-0.3, -0.25) is 4.79 Å². The number of alkyl halides is 2. The van der Waals surface area contributed by atoms with E-state index in [1.165, 1.54) is 25.3 Å². The predicted molar refractivity (Wildman–Crippen MR) is 92.7 cm³/mol. The molecule has 1 amide bonds. The molecule has 0 heterocycles. The molecule has 0 radical (unpaired) electrons. The Kier molecular flexibility index (Phi) is 7.35. The van der Waals surface area contributed by atoms with Crippen molar-refractivity contribution in [3.05, 3.63) is 59.7 Å². The average Bonchev–Trinajstić information content (AvgIpc) is 2.65. The molecular weight excluding hydrogens is 344 g/mol. The number of carbonyl (C=O) groups excluding carboxylic acids is 1. The van der Waals surface area contributed by atoms with E-state index in [0.29, 0.717) is 25.3 Å². The first-order valence-corrected chi connectivity index (χ1v) is 8.00. The summed E-state index contributed by atoms with van der Waals surface area (Å²) in [4.78, 5) is 14.5. The van der Waals surface area contributed by atoms with Crippen molar-refractivity contribution in [1.82, 2.24) is 4.90 Å². The van der Waals surface area contributed by atoms with E-state index in [4.69, 9.17) is 9.47 Å². The number of ether oxygens (including phenoxy) is 3. The summed E-state index contributed by atoms with van der Waals surface area (Å²) in [5.74, 6) is -0.305. The Morgan fingerprint density at radius 1 is 1.08 bits per heavy atom. The number of hydrogen-bond donors (Lipinski definition) is 0.